The van der Waals surface area contributed by atoms with E-state index in [1.807, 2.05) is 12.1 Å². The molecule has 1 aromatic heterocycles. The first-order valence-corrected chi connectivity index (χ1v) is 8.81. The molecule has 1 fully saturated rings. The Morgan fingerprint density at radius 2 is 1.92 bits per heavy atom. The van der Waals surface area contributed by atoms with Crippen molar-refractivity contribution in [2.75, 3.05) is 26.7 Å². The highest BCUT2D eigenvalue weighted by atomic mass is 16.5. The maximum Gasteiger partial charge on any atom is 0.371 e. The second-order valence-electron chi connectivity index (χ2n) is 7.45. The minimum atomic E-state index is -1.08. The van der Waals surface area contributed by atoms with Gasteiger partial charge in [-0.3, -0.25) is 9.80 Å². The number of nitrogens with zero attached hydrogens (tertiary/aromatic N) is 2. The summed E-state index contributed by atoms with van der Waals surface area (Å²) in [5.74, 6) is 0.0774. The minimum absolute atomic E-state index is 0.0750. The molecular formula is C20H26N2O4. The SMILES string of the molecule is CN1CCN(Cc2ccc(OCc3ccc(C(=O)O)o3)cc2)CC1(C)C. The molecule has 1 saturated heterocycles. The van der Waals surface area contributed by atoms with Gasteiger partial charge in [0.05, 0.1) is 0 Å². The molecule has 6 heteroatoms. The van der Waals surface area contributed by atoms with Crippen LogP contribution in [0.1, 0.15) is 35.7 Å². The average Bonchev–Trinajstić information content (AvgIpc) is 3.07. The highest BCUT2D eigenvalue weighted by Crippen LogP contribution is 2.21. The van der Waals surface area contributed by atoms with Crippen LogP contribution < -0.4 is 4.74 Å². The van der Waals surface area contributed by atoms with Crippen molar-refractivity contribution in [3.8, 4) is 5.75 Å². The Balaban J connectivity index is 1.52. The van der Waals surface area contributed by atoms with Crippen molar-refractivity contribution in [2.45, 2.75) is 32.5 Å². The first kappa shape index (κ1) is 18.5. The summed E-state index contributed by atoms with van der Waals surface area (Å²) in [6.45, 7) is 8.89. The van der Waals surface area contributed by atoms with Crippen molar-refractivity contribution in [2.24, 2.45) is 0 Å². The highest BCUT2D eigenvalue weighted by molar-refractivity contribution is 5.84. The molecule has 26 heavy (non-hydrogen) atoms. The molecular weight excluding hydrogens is 332 g/mol. The normalized spacial score (nSPS) is 18.0. The van der Waals surface area contributed by atoms with Gasteiger partial charge in [-0.1, -0.05) is 12.1 Å². The van der Waals surface area contributed by atoms with Gasteiger partial charge >= 0.3 is 5.97 Å². The van der Waals surface area contributed by atoms with Gasteiger partial charge in [0.1, 0.15) is 18.1 Å². The summed E-state index contributed by atoms with van der Waals surface area (Å²) in [6, 6.07) is 11.1. The van der Waals surface area contributed by atoms with E-state index in [1.165, 1.54) is 11.6 Å². The van der Waals surface area contributed by atoms with Crippen molar-refractivity contribution in [1.82, 2.24) is 9.80 Å². The molecule has 0 aliphatic carbocycles. The third-order valence-electron chi connectivity index (χ3n) is 4.98. The summed E-state index contributed by atoms with van der Waals surface area (Å²) in [7, 11) is 2.18. The van der Waals surface area contributed by atoms with E-state index >= 15 is 0 Å². The molecule has 0 atom stereocenters. The lowest BCUT2D eigenvalue weighted by Gasteiger charge is -2.45. The number of aromatic carboxylic acids is 1. The standard InChI is InChI=1S/C20H26N2O4/c1-20(2)14-22(11-10-21(20)3)12-15-4-6-16(7-5-15)25-13-17-8-9-18(26-17)19(23)24/h4-9H,10-14H2,1-3H3,(H,23,24). The fourth-order valence-electron chi connectivity index (χ4n) is 3.15. The molecule has 0 radical (unpaired) electrons. The van der Waals surface area contributed by atoms with Gasteiger partial charge in [0.25, 0.3) is 0 Å². The molecule has 2 heterocycles. The van der Waals surface area contributed by atoms with Crippen LogP contribution in [0.2, 0.25) is 0 Å². The molecule has 3 rings (SSSR count). The smallest absolute Gasteiger partial charge is 0.371 e. The molecule has 0 amide bonds. The molecule has 140 valence electrons. The quantitative estimate of drug-likeness (QED) is 0.856. The number of benzene rings is 1. The van der Waals surface area contributed by atoms with Gasteiger partial charge in [-0.05, 0) is 50.7 Å². The van der Waals surface area contributed by atoms with Crippen LogP contribution in [-0.4, -0.2) is 53.1 Å². The van der Waals surface area contributed by atoms with E-state index in [1.54, 1.807) is 6.07 Å². The maximum absolute atomic E-state index is 10.8. The number of hydrogen-bond acceptors (Lipinski definition) is 5. The molecule has 2 aromatic rings. The number of likely N-dealkylation sites (N-methyl/N-ethyl adjacent to an activating group) is 1. The van der Waals surface area contributed by atoms with Crippen LogP contribution in [0.4, 0.5) is 0 Å². The number of carboxylic acid groups (broad SMARTS) is 1. The lowest BCUT2D eigenvalue weighted by Crippen LogP contribution is -2.57. The van der Waals surface area contributed by atoms with Crippen molar-refractivity contribution in [3.05, 3.63) is 53.5 Å². The highest BCUT2D eigenvalue weighted by Gasteiger charge is 2.30. The average molecular weight is 358 g/mol. The second kappa shape index (κ2) is 7.51. The minimum Gasteiger partial charge on any atom is -0.486 e. The third kappa shape index (κ3) is 4.45. The van der Waals surface area contributed by atoms with E-state index in [-0.39, 0.29) is 17.9 Å². The van der Waals surface area contributed by atoms with E-state index in [0.29, 0.717) is 5.76 Å². The Morgan fingerprint density at radius 1 is 1.19 bits per heavy atom. The molecule has 0 bridgehead atoms. The van der Waals surface area contributed by atoms with Crippen LogP contribution in [0.5, 0.6) is 5.75 Å². The predicted molar refractivity (Wildman–Crippen MR) is 98.4 cm³/mol. The lowest BCUT2D eigenvalue weighted by atomic mass is 9.99. The number of piperazine rings is 1. The van der Waals surface area contributed by atoms with Crippen molar-refractivity contribution in [1.29, 1.82) is 0 Å². The van der Waals surface area contributed by atoms with Crippen molar-refractivity contribution < 1.29 is 19.1 Å². The fraction of sp³-hybridized carbons (Fsp3) is 0.450. The van der Waals surface area contributed by atoms with E-state index in [9.17, 15) is 4.79 Å². The molecule has 0 saturated carbocycles. The number of ether oxygens (including phenoxy) is 1. The van der Waals surface area contributed by atoms with Crippen molar-refractivity contribution >= 4 is 5.97 Å². The zero-order chi connectivity index (χ0) is 18.7. The first-order chi connectivity index (χ1) is 12.3. The van der Waals surface area contributed by atoms with Crippen LogP contribution in [0, 0.1) is 0 Å². The van der Waals surface area contributed by atoms with E-state index in [2.05, 4.69) is 42.8 Å². The van der Waals surface area contributed by atoms with Gasteiger partial charge in [0.2, 0.25) is 5.76 Å². The lowest BCUT2D eigenvalue weighted by molar-refractivity contribution is 0.0360. The molecule has 0 unspecified atom stereocenters. The number of carboxylic acids is 1. The Morgan fingerprint density at radius 3 is 2.54 bits per heavy atom. The maximum atomic E-state index is 10.8. The molecule has 1 aliphatic rings. The van der Waals surface area contributed by atoms with E-state index in [4.69, 9.17) is 14.3 Å². The van der Waals surface area contributed by atoms with Crippen LogP contribution in [-0.2, 0) is 13.2 Å². The predicted octanol–water partition coefficient (Wildman–Crippen LogP) is 3.08. The Bertz CT molecular complexity index is 751. The Kier molecular flexibility index (Phi) is 5.34. The van der Waals surface area contributed by atoms with E-state index in [0.717, 1.165) is 31.9 Å². The second-order valence-corrected chi connectivity index (χ2v) is 7.45. The molecule has 6 nitrogen and oxygen atoms in total. The Hall–Kier alpha value is -2.31. The number of furan rings is 1. The van der Waals surface area contributed by atoms with Crippen LogP contribution in [0.25, 0.3) is 0 Å². The Labute approximate surface area is 154 Å². The summed E-state index contributed by atoms with van der Waals surface area (Å²) >= 11 is 0. The zero-order valence-corrected chi connectivity index (χ0v) is 15.6. The van der Waals surface area contributed by atoms with E-state index < -0.39 is 5.97 Å². The molecule has 1 aliphatic heterocycles. The number of hydrogen-bond donors (Lipinski definition) is 1. The zero-order valence-electron chi connectivity index (χ0n) is 15.6. The van der Waals surface area contributed by atoms with Crippen LogP contribution in [0.3, 0.4) is 0 Å². The monoisotopic (exact) mass is 358 g/mol. The summed E-state index contributed by atoms with van der Waals surface area (Å²) in [6.07, 6.45) is 0. The topological polar surface area (TPSA) is 66.2 Å². The van der Waals surface area contributed by atoms with Gasteiger partial charge in [-0.15, -0.1) is 0 Å². The molecule has 0 spiro atoms. The summed E-state index contributed by atoms with van der Waals surface area (Å²) in [5, 5.41) is 8.85. The van der Waals surface area contributed by atoms with Crippen LogP contribution in [0.15, 0.2) is 40.8 Å². The summed E-state index contributed by atoms with van der Waals surface area (Å²) < 4.78 is 10.9. The van der Waals surface area contributed by atoms with Gasteiger partial charge < -0.3 is 14.3 Å². The number of carbonyl (C=O) groups is 1. The first-order valence-electron chi connectivity index (χ1n) is 8.81. The van der Waals surface area contributed by atoms with Gasteiger partial charge in [-0.2, -0.15) is 0 Å². The molecule has 1 N–H and O–H groups in total. The fourth-order valence-corrected chi connectivity index (χ4v) is 3.15. The summed E-state index contributed by atoms with van der Waals surface area (Å²) in [4.78, 5) is 15.7. The van der Waals surface area contributed by atoms with Gasteiger partial charge in [-0.25, -0.2) is 4.79 Å². The van der Waals surface area contributed by atoms with Crippen LogP contribution >= 0.6 is 0 Å². The molecule has 1 aromatic carbocycles. The van der Waals surface area contributed by atoms with Gasteiger partial charge in [0.15, 0.2) is 0 Å². The largest absolute Gasteiger partial charge is 0.486 e. The van der Waals surface area contributed by atoms with Gasteiger partial charge in [0, 0.05) is 31.7 Å². The summed E-state index contributed by atoms with van der Waals surface area (Å²) in [5.41, 5.74) is 1.45. The third-order valence-corrected chi connectivity index (χ3v) is 4.98. The van der Waals surface area contributed by atoms with Crippen molar-refractivity contribution in [3.63, 3.8) is 0 Å². The number of rotatable bonds is 6.